The molecule has 13 rings (SSSR count). The van der Waals surface area contributed by atoms with Gasteiger partial charge in [-0.1, -0.05) is 181 Å². The van der Waals surface area contributed by atoms with Crippen LogP contribution in [0.15, 0.2) is 205 Å². The van der Waals surface area contributed by atoms with E-state index in [0.29, 0.717) is 0 Å². The van der Waals surface area contributed by atoms with Crippen molar-refractivity contribution in [1.82, 2.24) is 4.57 Å². The van der Waals surface area contributed by atoms with Gasteiger partial charge in [-0.25, -0.2) is 0 Å². The Morgan fingerprint density at radius 2 is 1.15 bits per heavy atom. The van der Waals surface area contributed by atoms with Gasteiger partial charge in [0.05, 0.1) is 16.7 Å². The number of rotatable bonds is 8. The standard InChI is InChI=1S/C68H59BN3O/c1-66(2,3)45-32-34-46(35-33-45)70-56-31-21-20-30-49(56)50-39-59(71(47-26-16-10-17-27-47)48-28-18-11-19-29-48)62-51-38-53-54(68(6,7)37-36-67(53,4)5)41-57(51)72-58-40-52-60(42-55(58)69-63(50)64(62)72)73-65(44-24-14-9-15-25-44)61(52)43-22-12-8-13-23-43/h8-35,38-42,70H,36-37H2,1-7H3. The van der Waals surface area contributed by atoms with Crippen LogP contribution in [0.2, 0.25) is 0 Å². The predicted molar refractivity (Wildman–Crippen MR) is 310 cm³/mol. The molecule has 11 aromatic rings. The van der Waals surface area contributed by atoms with Crippen LogP contribution < -0.4 is 21.1 Å². The topological polar surface area (TPSA) is 33.3 Å². The maximum Gasteiger partial charge on any atom is 0.198 e. The van der Waals surface area contributed by atoms with Gasteiger partial charge in [0.25, 0.3) is 0 Å². The number of furan rings is 1. The summed E-state index contributed by atoms with van der Waals surface area (Å²) in [7, 11) is 2.44. The van der Waals surface area contributed by atoms with Crippen LogP contribution in [-0.4, -0.2) is 11.8 Å². The Kier molecular flexibility index (Phi) is 10.3. The van der Waals surface area contributed by atoms with Crippen LogP contribution in [0.5, 0.6) is 0 Å². The van der Waals surface area contributed by atoms with E-state index in [-0.39, 0.29) is 16.2 Å². The van der Waals surface area contributed by atoms with E-state index >= 15 is 0 Å². The Morgan fingerprint density at radius 1 is 0.575 bits per heavy atom. The SMILES string of the molecule is CC(C)(C)c1ccc(Nc2ccccc2-c2cc(N(c3ccccc3)c3ccccc3)c3c4cc5c(cc4n4c3c2[B]c2cc3oc(-c6ccccc6)c(-c6ccccc6)c3cc2-4)C(C)(C)CCC5(C)C)cc1. The molecule has 0 fully saturated rings. The lowest BCUT2D eigenvalue weighted by Crippen LogP contribution is -2.37. The average molecular weight is 945 g/mol. The van der Waals surface area contributed by atoms with Crippen LogP contribution in [0.25, 0.3) is 72.0 Å². The second kappa shape index (κ2) is 16.8. The number of nitrogens with one attached hydrogen (secondary N) is 1. The summed E-state index contributed by atoms with van der Waals surface area (Å²) in [6, 6.07) is 73.3. The first-order chi connectivity index (χ1) is 35.3. The highest BCUT2D eigenvalue weighted by Crippen LogP contribution is 2.52. The van der Waals surface area contributed by atoms with Crippen molar-refractivity contribution in [3.05, 3.63) is 217 Å². The number of fused-ring (bicyclic) bond motifs is 7. The van der Waals surface area contributed by atoms with Gasteiger partial charge >= 0.3 is 0 Å². The summed E-state index contributed by atoms with van der Waals surface area (Å²) >= 11 is 0. The summed E-state index contributed by atoms with van der Waals surface area (Å²) in [6.07, 6.45) is 2.25. The second-order valence-electron chi connectivity index (χ2n) is 22.7. The monoisotopic (exact) mass is 944 g/mol. The summed E-state index contributed by atoms with van der Waals surface area (Å²) in [5, 5.41) is 7.49. The lowest BCUT2D eigenvalue weighted by Gasteiger charge is -2.42. The average Bonchev–Trinajstić information content (AvgIpc) is 3.96. The van der Waals surface area contributed by atoms with Crippen LogP contribution in [-0.2, 0) is 16.2 Å². The van der Waals surface area contributed by atoms with Gasteiger partial charge < -0.3 is 19.2 Å². The molecule has 0 saturated heterocycles. The van der Waals surface area contributed by atoms with Gasteiger partial charge in [0, 0.05) is 61.3 Å². The molecule has 0 spiro atoms. The number of hydrogen-bond acceptors (Lipinski definition) is 3. The van der Waals surface area contributed by atoms with Crippen LogP contribution in [0.1, 0.15) is 78.0 Å². The highest BCUT2D eigenvalue weighted by Gasteiger charge is 2.40. The Bertz CT molecular complexity index is 3880. The molecule has 0 unspecified atom stereocenters. The van der Waals surface area contributed by atoms with Gasteiger partial charge in [-0.15, -0.1) is 0 Å². The third kappa shape index (κ3) is 7.42. The van der Waals surface area contributed by atoms with Crippen molar-refractivity contribution in [3.63, 3.8) is 0 Å². The molecule has 9 aromatic carbocycles. The van der Waals surface area contributed by atoms with E-state index < -0.39 is 0 Å². The van der Waals surface area contributed by atoms with Gasteiger partial charge in [-0.05, 0) is 135 Å². The molecule has 73 heavy (non-hydrogen) atoms. The van der Waals surface area contributed by atoms with E-state index in [1.807, 2.05) is 0 Å². The molecule has 4 nitrogen and oxygen atoms in total. The smallest absolute Gasteiger partial charge is 0.198 e. The van der Waals surface area contributed by atoms with Gasteiger partial charge in [0.15, 0.2) is 7.28 Å². The van der Waals surface area contributed by atoms with Crippen molar-refractivity contribution in [2.75, 3.05) is 10.2 Å². The maximum absolute atomic E-state index is 7.09. The lowest BCUT2D eigenvalue weighted by molar-refractivity contribution is 0.332. The summed E-state index contributed by atoms with van der Waals surface area (Å²) < 4.78 is 9.72. The fourth-order valence-electron chi connectivity index (χ4n) is 12.0. The molecule has 1 N–H and O–H groups in total. The molecule has 5 heteroatoms. The quantitative estimate of drug-likeness (QED) is 0.154. The third-order valence-corrected chi connectivity index (χ3v) is 16.0. The van der Waals surface area contributed by atoms with Crippen molar-refractivity contribution >= 4 is 79.4 Å². The summed E-state index contributed by atoms with van der Waals surface area (Å²) in [5.41, 5.74) is 21.9. The highest BCUT2D eigenvalue weighted by molar-refractivity contribution is 6.74. The van der Waals surface area contributed by atoms with Crippen LogP contribution in [0.4, 0.5) is 28.4 Å². The number of nitrogens with zero attached hydrogens (tertiary/aromatic N) is 2. The Hall–Kier alpha value is -8.02. The number of benzene rings is 9. The Morgan fingerprint density at radius 3 is 1.78 bits per heavy atom. The van der Waals surface area contributed by atoms with Crippen LogP contribution >= 0.6 is 0 Å². The first-order valence-electron chi connectivity index (χ1n) is 26.0. The number of hydrogen-bond donors (Lipinski definition) is 1. The molecule has 2 aromatic heterocycles. The second-order valence-corrected chi connectivity index (χ2v) is 22.7. The van der Waals surface area contributed by atoms with E-state index in [2.05, 4.69) is 271 Å². The minimum absolute atomic E-state index is 0.00374. The van der Waals surface area contributed by atoms with Crippen molar-refractivity contribution in [1.29, 1.82) is 0 Å². The lowest BCUT2D eigenvalue weighted by atomic mass is 9.58. The van der Waals surface area contributed by atoms with E-state index in [1.165, 1.54) is 44.0 Å². The largest absolute Gasteiger partial charge is 0.455 e. The van der Waals surface area contributed by atoms with Gasteiger partial charge in [-0.2, -0.15) is 0 Å². The summed E-state index contributed by atoms with van der Waals surface area (Å²) in [6.45, 7) is 16.6. The molecule has 1 aliphatic carbocycles. The fraction of sp³-hybridized carbons (Fsp3) is 0.176. The molecule has 2 aliphatic rings. The van der Waals surface area contributed by atoms with E-state index in [9.17, 15) is 0 Å². The molecule has 1 radical (unpaired) electrons. The molecule has 355 valence electrons. The molecule has 0 bridgehead atoms. The van der Waals surface area contributed by atoms with Crippen LogP contribution in [0, 0.1) is 0 Å². The zero-order chi connectivity index (χ0) is 49.8. The zero-order valence-corrected chi connectivity index (χ0v) is 42.8. The molecule has 0 amide bonds. The van der Waals surface area contributed by atoms with E-state index in [4.69, 9.17) is 4.42 Å². The molecule has 0 saturated carbocycles. The van der Waals surface area contributed by atoms with Gasteiger partial charge in [0.1, 0.15) is 11.3 Å². The van der Waals surface area contributed by atoms with Crippen molar-refractivity contribution < 1.29 is 4.42 Å². The predicted octanol–water partition coefficient (Wildman–Crippen LogP) is 17.4. The zero-order valence-electron chi connectivity index (χ0n) is 42.8. The molecule has 3 heterocycles. The molecule has 0 atom stereocenters. The molecular formula is C68H59BN3O. The molecular weight excluding hydrogens is 886 g/mol. The third-order valence-electron chi connectivity index (χ3n) is 16.0. The summed E-state index contributed by atoms with van der Waals surface area (Å²) in [4.78, 5) is 2.48. The van der Waals surface area contributed by atoms with E-state index in [0.717, 1.165) is 97.0 Å². The van der Waals surface area contributed by atoms with Gasteiger partial charge in [0.2, 0.25) is 0 Å². The first kappa shape index (κ1) is 44.9. The van der Waals surface area contributed by atoms with Crippen molar-refractivity contribution in [2.45, 2.75) is 77.6 Å². The normalized spacial score (nSPS) is 14.5. The highest BCUT2D eigenvalue weighted by atomic mass is 16.3. The van der Waals surface area contributed by atoms with Crippen molar-refractivity contribution in [2.24, 2.45) is 0 Å². The van der Waals surface area contributed by atoms with Gasteiger partial charge in [-0.3, -0.25) is 0 Å². The minimum atomic E-state index is -0.00833. The first-order valence-corrected chi connectivity index (χ1v) is 26.0. The van der Waals surface area contributed by atoms with Crippen molar-refractivity contribution in [3.8, 4) is 39.3 Å². The van der Waals surface area contributed by atoms with Crippen LogP contribution in [0.3, 0.4) is 0 Å². The minimum Gasteiger partial charge on any atom is -0.455 e. The number of aromatic nitrogens is 1. The fourth-order valence-corrected chi connectivity index (χ4v) is 12.0. The number of para-hydroxylation sites is 3. The maximum atomic E-state index is 7.09. The Balaban J connectivity index is 1.18. The summed E-state index contributed by atoms with van der Waals surface area (Å²) in [5.74, 6) is 0.877. The number of anilines is 5. The Labute approximate surface area is 430 Å². The molecule has 1 aliphatic heterocycles. The van der Waals surface area contributed by atoms with E-state index in [1.54, 1.807) is 0 Å².